The van der Waals surface area contributed by atoms with Gasteiger partial charge in [-0.2, -0.15) is 0 Å². The number of hydrogen-bond acceptors (Lipinski definition) is 2. The third-order valence-corrected chi connectivity index (χ3v) is 2.41. The van der Waals surface area contributed by atoms with Gasteiger partial charge in [0.05, 0.1) is 0 Å². The molecule has 15 heavy (non-hydrogen) atoms. The van der Waals surface area contributed by atoms with Gasteiger partial charge in [0.15, 0.2) is 0 Å². The Labute approximate surface area is 92.3 Å². The Bertz CT molecular complexity index is 256. The van der Waals surface area contributed by atoms with Gasteiger partial charge in [-0.05, 0) is 37.0 Å². The van der Waals surface area contributed by atoms with E-state index in [9.17, 15) is 0 Å². The molecule has 0 saturated carbocycles. The molecule has 0 radical (unpaired) electrons. The lowest BCUT2D eigenvalue weighted by molar-refractivity contribution is 0.286. The highest BCUT2D eigenvalue weighted by molar-refractivity contribution is 5.44. The molecule has 0 fully saturated rings. The first-order valence-electron chi connectivity index (χ1n) is 5.80. The maximum atomic E-state index is 8.63. The van der Waals surface area contributed by atoms with Gasteiger partial charge in [0.25, 0.3) is 0 Å². The van der Waals surface area contributed by atoms with Crippen LogP contribution in [0.4, 0.5) is 5.69 Å². The van der Waals surface area contributed by atoms with Gasteiger partial charge in [0, 0.05) is 18.8 Å². The summed E-state index contributed by atoms with van der Waals surface area (Å²) in [4.78, 5) is 0. The molecule has 0 aliphatic rings. The van der Waals surface area contributed by atoms with Gasteiger partial charge in [-0.25, -0.2) is 0 Å². The van der Waals surface area contributed by atoms with Crippen LogP contribution in [0, 0.1) is 0 Å². The molecule has 1 aromatic carbocycles. The normalized spacial score (nSPS) is 10.3. The van der Waals surface area contributed by atoms with E-state index in [0.717, 1.165) is 25.8 Å². The van der Waals surface area contributed by atoms with E-state index in [1.807, 2.05) is 0 Å². The highest BCUT2D eigenvalue weighted by Gasteiger charge is 1.93. The first-order valence-corrected chi connectivity index (χ1v) is 5.80. The number of aliphatic hydroxyl groups is 1. The Morgan fingerprint density at radius 1 is 1.13 bits per heavy atom. The number of rotatable bonds is 7. The molecule has 0 amide bonds. The number of anilines is 1. The van der Waals surface area contributed by atoms with Crippen LogP contribution in [0.2, 0.25) is 0 Å². The minimum atomic E-state index is 0.289. The third kappa shape index (κ3) is 4.84. The lowest BCUT2D eigenvalue weighted by Crippen LogP contribution is -2.02. The summed E-state index contributed by atoms with van der Waals surface area (Å²) in [6.07, 6.45) is 4.25. The molecule has 0 aliphatic carbocycles. The highest BCUT2D eigenvalue weighted by Crippen LogP contribution is 2.10. The van der Waals surface area contributed by atoms with Crippen LogP contribution >= 0.6 is 0 Å². The van der Waals surface area contributed by atoms with Crippen LogP contribution in [0.5, 0.6) is 0 Å². The Kier molecular flexibility index (Phi) is 5.86. The summed E-state index contributed by atoms with van der Waals surface area (Å²) in [5.41, 5.74) is 2.58. The average Bonchev–Trinajstić information content (AvgIpc) is 2.27. The minimum Gasteiger partial charge on any atom is -0.396 e. The van der Waals surface area contributed by atoms with Crippen molar-refractivity contribution in [2.75, 3.05) is 18.5 Å². The number of aliphatic hydroxyl groups excluding tert-OH is 1. The summed E-state index contributed by atoms with van der Waals surface area (Å²) in [5.74, 6) is 0. The lowest BCUT2D eigenvalue weighted by Gasteiger charge is -2.06. The van der Waals surface area contributed by atoms with Crippen molar-refractivity contribution in [3.8, 4) is 0 Å². The Morgan fingerprint density at radius 3 is 2.47 bits per heavy atom. The summed E-state index contributed by atoms with van der Waals surface area (Å²) in [6, 6.07) is 8.61. The van der Waals surface area contributed by atoms with E-state index in [-0.39, 0.29) is 6.61 Å². The fraction of sp³-hybridized carbons (Fsp3) is 0.538. The van der Waals surface area contributed by atoms with Crippen molar-refractivity contribution in [2.45, 2.75) is 32.6 Å². The van der Waals surface area contributed by atoms with Crippen molar-refractivity contribution in [3.05, 3.63) is 29.8 Å². The first kappa shape index (κ1) is 12.1. The van der Waals surface area contributed by atoms with Gasteiger partial charge in [-0.1, -0.05) is 25.5 Å². The highest BCUT2D eigenvalue weighted by atomic mass is 16.2. The summed E-state index contributed by atoms with van der Waals surface area (Å²) >= 11 is 0. The van der Waals surface area contributed by atoms with Crippen LogP contribution in [-0.4, -0.2) is 18.3 Å². The zero-order valence-corrected chi connectivity index (χ0v) is 9.50. The standard InChI is InChI=1S/C13H21NO/c1-2-5-12-6-8-13(9-7-12)14-10-3-4-11-15/h6-9,14-15H,2-5,10-11H2,1H3. The van der Waals surface area contributed by atoms with Crippen LogP contribution < -0.4 is 5.32 Å². The Hall–Kier alpha value is -1.02. The topological polar surface area (TPSA) is 32.3 Å². The molecule has 0 aromatic heterocycles. The number of benzene rings is 1. The summed E-state index contributed by atoms with van der Waals surface area (Å²) < 4.78 is 0. The lowest BCUT2D eigenvalue weighted by atomic mass is 10.1. The van der Waals surface area contributed by atoms with E-state index < -0.39 is 0 Å². The number of hydrogen-bond donors (Lipinski definition) is 2. The van der Waals surface area contributed by atoms with Crippen LogP contribution in [0.1, 0.15) is 31.7 Å². The molecule has 0 bridgehead atoms. The molecule has 0 atom stereocenters. The SMILES string of the molecule is CCCc1ccc(NCCCCO)cc1. The molecule has 84 valence electrons. The van der Waals surface area contributed by atoms with Gasteiger partial charge in [-0.15, -0.1) is 0 Å². The zero-order valence-electron chi connectivity index (χ0n) is 9.50. The van der Waals surface area contributed by atoms with E-state index >= 15 is 0 Å². The van der Waals surface area contributed by atoms with E-state index in [0.29, 0.717) is 0 Å². The molecular formula is C13H21NO. The fourth-order valence-corrected chi connectivity index (χ4v) is 1.55. The molecule has 2 nitrogen and oxygen atoms in total. The predicted octanol–water partition coefficient (Wildman–Crippen LogP) is 2.82. The molecule has 1 rings (SSSR count). The average molecular weight is 207 g/mol. The van der Waals surface area contributed by atoms with Crippen molar-refractivity contribution in [1.82, 2.24) is 0 Å². The summed E-state index contributed by atoms with van der Waals surface area (Å²) in [7, 11) is 0. The second kappa shape index (κ2) is 7.30. The Morgan fingerprint density at radius 2 is 1.87 bits per heavy atom. The Balaban J connectivity index is 2.29. The van der Waals surface area contributed by atoms with Gasteiger partial charge in [0.2, 0.25) is 0 Å². The van der Waals surface area contributed by atoms with Crippen molar-refractivity contribution < 1.29 is 5.11 Å². The third-order valence-electron chi connectivity index (χ3n) is 2.41. The molecule has 2 N–H and O–H groups in total. The maximum Gasteiger partial charge on any atom is 0.0431 e. The van der Waals surface area contributed by atoms with Gasteiger partial charge in [-0.3, -0.25) is 0 Å². The fourth-order valence-electron chi connectivity index (χ4n) is 1.55. The molecule has 0 aliphatic heterocycles. The molecular weight excluding hydrogens is 186 g/mol. The maximum absolute atomic E-state index is 8.63. The van der Waals surface area contributed by atoms with Crippen molar-refractivity contribution in [3.63, 3.8) is 0 Å². The smallest absolute Gasteiger partial charge is 0.0431 e. The van der Waals surface area contributed by atoms with Crippen LogP contribution in [0.15, 0.2) is 24.3 Å². The first-order chi connectivity index (χ1) is 7.36. The molecule has 1 aromatic rings. The molecule has 0 heterocycles. The molecule has 0 saturated heterocycles. The second-order valence-corrected chi connectivity index (χ2v) is 3.80. The van der Waals surface area contributed by atoms with Crippen LogP contribution in [0.25, 0.3) is 0 Å². The molecule has 2 heteroatoms. The monoisotopic (exact) mass is 207 g/mol. The zero-order chi connectivity index (χ0) is 10.9. The van der Waals surface area contributed by atoms with Crippen molar-refractivity contribution in [1.29, 1.82) is 0 Å². The van der Waals surface area contributed by atoms with Crippen molar-refractivity contribution in [2.24, 2.45) is 0 Å². The van der Waals surface area contributed by atoms with E-state index in [4.69, 9.17) is 5.11 Å². The van der Waals surface area contributed by atoms with Crippen LogP contribution in [0.3, 0.4) is 0 Å². The number of unbranched alkanes of at least 4 members (excludes halogenated alkanes) is 1. The summed E-state index contributed by atoms with van der Waals surface area (Å²) in [5, 5.41) is 12.0. The van der Waals surface area contributed by atoms with E-state index in [1.54, 1.807) is 0 Å². The second-order valence-electron chi connectivity index (χ2n) is 3.80. The van der Waals surface area contributed by atoms with E-state index in [1.165, 1.54) is 17.7 Å². The molecule has 0 unspecified atom stereocenters. The largest absolute Gasteiger partial charge is 0.396 e. The summed E-state index contributed by atoms with van der Waals surface area (Å²) in [6.45, 7) is 3.42. The number of nitrogens with one attached hydrogen (secondary N) is 1. The van der Waals surface area contributed by atoms with Crippen LogP contribution in [-0.2, 0) is 6.42 Å². The molecule has 0 spiro atoms. The van der Waals surface area contributed by atoms with Gasteiger partial charge >= 0.3 is 0 Å². The van der Waals surface area contributed by atoms with Crippen molar-refractivity contribution >= 4 is 5.69 Å². The quantitative estimate of drug-likeness (QED) is 0.674. The van der Waals surface area contributed by atoms with Gasteiger partial charge in [0.1, 0.15) is 0 Å². The van der Waals surface area contributed by atoms with Gasteiger partial charge < -0.3 is 10.4 Å². The number of aryl methyl sites for hydroxylation is 1. The predicted molar refractivity (Wildman–Crippen MR) is 65.2 cm³/mol. The van der Waals surface area contributed by atoms with E-state index in [2.05, 4.69) is 36.5 Å². The minimum absolute atomic E-state index is 0.289.